The highest BCUT2D eigenvalue weighted by atomic mass is 32.2. The summed E-state index contributed by atoms with van der Waals surface area (Å²) in [5.41, 5.74) is 1.46. The van der Waals surface area contributed by atoms with Gasteiger partial charge in [-0.2, -0.15) is 0 Å². The number of carbonyl (C=O) groups excluding carboxylic acids is 1. The molecule has 0 saturated heterocycles. The Hall–Kier alpha value is -1.98. The van der Waals surface area contributed by atoms with Gasteiger partial charge in [-0.25, -0.2) is 8.93 Å². The highest BCUT2D eigenvalue weighted by molar-refractivity contribution is 7.83. The quantitative estimate of drug-likeness (QED) is 0.795. The van der Waals surface area contributed by atoms with Crippen LogP contribution in [-0.4, -0.2) is 10.1 Å². The van der Waals surface area contributed by atoms with Gasteiger partial charge < -0.3 is 5.32 Å². The summed E-state index contributed by atoms with van der Waals surface area (Å²) in [5, 5.41) is 3.02. The Kier molecular flexibility index (Phi) is 6.73. The molecule has 26 heavy (non-hydrogen) atoms. The molecule has 4 nitrogen and oxygen atoms in total. The summed E-state index contributed by atoms with van der Waals surface area (Å²) in [4.78, 5) is 13.0. The Labute approximate surface area is 159 Å². The third kappa shape index (κ3) is 5.26. The molecule has 3 atom stereocenters. The molecule has 2 aromatic carbocycles. The summed E-state index contributed by atoms with van der Waals surface area (Å²) in [7, 11) is -1.38. The average Bonchev–Trinajstić information content (AvgIpc) is 2.61. The van der Waals surface area contributed by atoms with Gasteiger partial charge in [-0.3, -0.25) is 4.79 Å². The molecule has 0 fully saturated rings. The van der Waals surface area contributed by atoms with Crippen molar-refractivity contribution in [3.05, 3.63) is 65.7 Å². The third-order valence-corrected chi connectivity index (χ3v) is 5.54. The molecule has 0 saturated carbocycles. The first-order valence-corrected chi connectivity index (χ1v) is 9.98. The second-order valence-corrected chi connectivity index (χ2v) is 8.71. The molecule has 0 heterocycles. The van der Waals surface area contributed by atoms with Gasteiger partial charge in [0.25, 0.3) is 0 Å². The molecule has 2 N–H and O–H groups in total. The van der Waals surface area contributed by atoms with Crippen LogP contribution in [0, 0.1) is 5.41 Å². The van der Waals surface area contributed by atoms with Crippen molar-refractivity contribution in [1.82, 2.24) is 10.0 Å². The second-order valence-electron chi connectivity index (χ2n) is 7.50. The predicted octanol–water partition coefficient (Wildman–Crippen LogP) is 4.28. The molecule has 0 aromatic heterocycles. The van der Waals surface area contributed by atoms with E-state index in [4.69, 9.17) is 0 Å². The Morgan fingerprint density at radius 3 is 2.12 bits per heavy atom. The zero-order valence-corrected chi connectivity index (χ0v) is 16.9. The third-order valence-electron chi connectivity index (χ3n) is 4.20. The van der Waals surface area contributed by atoms with Crippen LogP contribution in [0.4, 0.5) is 0 Å². The van der Waals surface area contributed by atoms with Gasteiger partial charge in [0, 0.05) is 11.5 Å². The summed E-state index contributed by atoms with van der Waals surface area (Å²) in [6.07, 6.45) is 0. The molecule has 2 rings (SSSR count). The maximum absolute atomic E-state index is 12.9. The lowest BCUT2D eigenvalue weighted by molar-refractivity contribution is -0.129. The zero-order chi connectivity index (χ0) is 19.3. The SMILES string of the molecule is C[C@H](NS(=O)c1ccccc1[C@@H](C)NC(=O)C(C)(C)C)c1ccccc1. The van der Waals surface area contributed by atoms with E-state index in [0.717, 1.165) is 11.1 Å². The van der Waals surface area contributed by atoms with Crippen molar-refractivity contribution in [2.45, 2.75) is 51.6 Å². The van der Waals surface area contributed by atoms with Crippen LogP contribution in [0.3, 0.4) is 0 Å². The van der Waals surface area contributed by atoms with Crippen LogP contribution in [-0.2, 0) is 15.8 Å². The minimum absolute atomic E-state index is 0.0313. The Bertz CT molecular complexity index is 769. The highest BCUT2D eigenvalue weighted by Gasteiger charge is 2.24. The van der Waals surface area contributed by atoms with E-state index >= 15 is 0 Å². The minimum Gasteiger partial charge on any atom is -0.349 e. The fraction of sp³-hybridized carbons (Fsp3) is 0.381. The van der Waals surface area contributed by atoms with Gasteiger partial charge >= 0.3 is 0 Å². The average molecular weight is 373 g/mol. The minimum atomic E-state index is -1.38. The van der Waals surface area contributed by atoms with Gasteiger partial charge in [0.2, 0.25) is 5.91 Å². The topological polar surface area (TPSA) is 58.2 Å². The number of nitrogens with one attached hydrogen (secondary N) is 2. The summed E-state index contributed by atoms with van der Waals surface area (Å²) >= 11 is 0. The number of rotatable bonds is 6. The van der Waals surface area contributed by atoms with Gasteiger partial charge in [-0.05, 0) is 31.0 Å². The van der Waals surface area contributed by atoms with Crippen molar-refractivity contribution in [1.29, 1.82) is 0 Å². The van der Waals surface area contributed by atoms with Crippen LogP contribution in [0.25, 0.3) is 0 Å². The second kappa shape index (κ2) is 8.60. The fourth-order valence-corrected chi connectivity index (χ4v) is 3.78. The normalized spacial score (nSPS) is 15.1. The predicted molar refractivity (Wildman–Crippen MR) is 107 cm³/mol. The summed E-state index contributed by atoms with van der Waals surface area (Å²) in [5.74, 6) is -0.0313. The van der Waals surface area contributed by atoms with Gasteiger partial charge in [0.05, 0.1) is 10.9 Å². The van der Waals surface area contributed by atoms with Crippen LogP contribution < -0.4 is 10.0 Å². The summed E-state index contributed by atoms with van der Waals surface area (Å²) in [6, 6.07) is 17.1. The van der Waals surface area contributed by atoms with Crippen molar-refractivity contribution in [2.75, 3.05) is 0 Å². The first kappa shape index (κ1) is 20.3. The number of benzene rings is 2. The first-order chi connectivity index (χ1) is 12.2. The van der Waals surface area contributed by atoms with E-state index < -0.39 is 16.4 Å². The Balaban J connectivity index is 2.17. The smallest absolute Gasteiger partial charge is 0.225 e. The molecule has 2 aromatic rings. The Morgan fingerprint density at radius 1 is 0.923 bits per heavy atom. The van der Waals surface area contributed by atoms with E-state index in [1.165, 1.54) is 0 Å². The standard InChI is InChI=1S/C21H28N2O2S/c1-15(17-11-7-6-8-12-17)23-26(25)19-14-10-9-13-18(19)16(2)22-20(24)21(3,4)5/h6-16,23H,1-5H3,(H,22,24)/t15-,16+,26?/m0/s1. The van der Waals surface area contributed by atoms with Crippen LogP contribution in [0.1, 0.15) is 57.8 Å². The lowest BCUT2D eigenvalue weighted by atomic mass is 9.94. The molecule has 0 radical (unpaired) electrons. The molecule has 0 spiro atoms. The molecular weight excluding hydrogens is 344 g/mol. The van der Waals surface area contributed by atoms with Gasteiger partial charge in [0.1, 0.15) is 11.0 Å². The number of hydrogen-bond acceptors (Lipinski definition) is 2. The summed E-state index contributed by atoms with van der Waals surface area (Å²) in [6.45, 7) is 9.54. The lowest BCUT2D eigenvalue weighted by Gasteiger charge is -2.24. The monoisotopic (exact) mass is 372 g/mol. The largest absolute Gasteiger partial charge is 0.349 e. The maximum atomic E-state index is 12.9. The fourth-order valence-electron chi connectivity index (χ4n) is 2.53. The van der Waals surface area contributed by atoms with Gasteiger partial charge in [0.15, 0.2) is 0 Å². The van der Waals surface area contributed by atoms with Crippen molar-refractivity contribution < 1.29 is 9.00 Å². The molecule has 1 amide bonds. The number of hydrogen-bond donors (Lipinski definition) is 2. The molecule has 0 aliphatic rings. The van der Waals surface area contributed by atoms with Crippen LogP contribution in [0.5, 0.6) is 0 Å². The van der Waals surface area contributed by atoms with E-state index in [-0.39, 0.29) is 18.0 Å². The van der Waals surface area contributed by atoms with Crippen molar-refractivity contribution in [3.8, 4) is 0 Å². The number of amides is 1. The molecule has 0 bridgehead atoms. The molecule has 0 aliphatic heterocycles. The van der Waals surface area contributed by atoms with E-state index in [9.17, 15) is 9.00 Å². The highest BCUT2D eigenvalue weighted by Crippen LogP contribution is 2.24. The zero-order valence-electron chi connectivity index (χ0n) is 16.1. The van der Waals surface area contributed by atoms with Crippen LogP contribution in [0.15, 0.2) is 59.5 Å². The Morgan fingerprint density at radius 2 is 1.50 bits per heavy atom. The number of carbonyl (C=O) groups is 1. The summed E-state index contributed by atoms with van der Waals surface area (Å²) < 4.78 is 16.1. The van der Waals surface area contributed by atoms with Crippen molar-refractivity contribution in [2.24, 2.45) is 5.41 Å². The van der Waals surface area contributed by atoms with E-state index in [1.807, 2.05) is 89.2 Å². The molecule has 1 unspecified atom stereocenters. The van der Waals surface area contributed by atoms with E-state index in [1.54, 1.807) is 0 Å². The van der Waals surface area contributed by atoms with Crippen molar-refractivity contribution in [3.63, 3.8) is 0 Å². The first-order valence-electron chi connectivity index (χ1n) is 8.83. The van der Waals surface area contributed by atoms with Crippen LogP contribution >= 0.6 is 0 Å². The van der Waals surface area contributed by atoms with E-state index in [0.29, 0.717) is 4.90 Å². The lowest BCUT2D eigenvalue weighted by Crippen LogP contribution is -2.37. The molecule has 140 valence electrons. The van der Waals surface area contributed by atoms with Gasteiger partial charge in [-0.1, -0.05) is 69.3 Å². The molecule has 5 heteroatoms. The maximum Gasteiger partial charge on any atom is 0.225 e. The van der Waals surface area contributed by atoms with Gasteiger partial charge in [-0.15, -0.1) is 0 Å². The van der Waals surface area contributed by atoms with Crippen molar-refractivity contribution >= 4 is 16.9 Å². The van der Waals surface area contributed by atoms with E-state index in [2.05, 4.69) is 10.0 Å². The molecule has 0 aliphatic carbocycles. The molecular formula is C21H28N2O2S. The van der Waals surface area contributed by atoms with Crippen LogP contribution in [0.2, 0.25) is 0 Å².